The lowest BCUT2D eigenvalue weighted by molar-refractivity contribution is -0.130. The molecule has 150 valence electrons. The lowest BCUT2D eigenvalue weighted by atomic mass is 10.1. The average Bonchev–Trinajstić information content (AvgIpc) is 2.74. The number of nitriles is 1. The number of hydrogen-bond acceptors (Lipinski definition) is 6. The topological polar surface area (TPSA) is 104 Å². The van der Waals surface area contributed by atoms with Gasteiger partial charge in [0.25, 0.3) is 11.8 Å². The first-order chi connectivity index (χ1) is 13.9. The Kier molecular flexibility index (Phi) is 7.74. The Morgan fingerprint density at radius 1 is 1.00 bits per heavy atom. The van der Waals surface area contributed by atoms with Crippen LogP contribution in [0.2, 0.25) is 0 Å². The van der Waals surface area contributed by atoms with E-state index in [1.54, 1.807) is 69.6 Å². The Bertz CT molecular complexity index is 913. The summed E-state index contributed by atoms with van der Waals surface area (Å²) >= 11 is 0. The van der Waals surface area contributed by atoms with E-state index < -0.39 is 5.91 Å². The lowest BCUT2D eigenvalue weighted by Crippen LogP contribution is -2.27. The number of carbonyl (C=O) groups excluding carboxylic acids is 2. The molecule has 2 rings (SSSR count). The largest absolute Gasteiger partial charge is 0.484 e. The Morgan fingerprint density at radius 2 is 1.55 bits per heavy atom. The van der Waals surface area contributed by atoms with E-state index >= 15 is 0 Å². The molecular weight excluding hydrogens is 372 g/mol. The van der Waals surface area contributed by atoms with E-state index in [-0.39, 0.29) is 19.1 Å². The fraction of sp³-hybridized carbons (Fsp3) is 0.238. The van der Waals surface area contributed by atoms with E-state index in [0.717, 1.165) is 5.56 Å². The average molecular weight is 394 g/mol. The molecule has 29 heavy (non-hydrogen) atoms. The molecule has 0 saturated carbocycles. The van der Waals surface area contributed by atoms with Gasteiger partial charge in [-0.3, -0.25) is 9.59 Å². The van der Waals surface area contributed by atoms with Gasteiger partial charge < -0.3 is 14.4 Å². The van der Waals surface area contributed by atoms with Crippen LogP contribution in [0.3, 0.4) is 0 Å². The van der Waals surface area contributed by atoms with Crippen molar-refractivity contribution in [1.82, 2.24) is 10.3 Å². The number of benzene rings is 2. The number of amides is 2. The molecule has 2 aromatic carbocycles. The number of hydrazone groups is 1. The lowest BCUT2D eigenvalue weighted by Gasteiger charge is -2.11. The van der Waals surface area contributed by atoms with E-state index in [9.17, 15) is 9.59 Å². The molecule has 8 heteroatoms. The molecule has 0 saturated heterocycles. The van der Waals surface area contributed by atoms with Crippen LogP contribution in [0.25, 0.3) is 0 Å². The van der Waals surface area contributed by atoms with Crippen LogP contribution in [0.4, 0.5) is 0 Å². The van der Waals surface area contributed by atoms with Crippen molar-refractivity contribution in [1.29, 1.82) is 5.26 Å². The van der Waals surface area contributed by atoms with E-state index in [1.807, 2.05) is 6.07 Å². The normalized spacial score (nSPS) is 10.6. The van der Waals surface area contributed by atoms with Gasteiger partial charge in [-0.15, -0.1) is 0 Å². The first kappa shape index (κ1) is 21.4. The second kappa shape index (κ2) is 10.5. The van der Waals surface area contributed by atoms with Crippen molar-refractivity contribution in [3.63, 3.8) is 0 Å². The molecule has 0 radical (unpaired) electrons. The molecule has 2 amide bonds. The van der Waals surface area contributed by atoms with Crippen LogP contribution in [-0.4, -0.2) is 49.7 Å². The number of nitrogens with one attached hydrogen (secondary N) is 1. The molecule has 2 aromatic rings. The minimum Gasteiger partial charge on any atom is -0.484 e. The number of ether oxygens (including phenoxy) is 2. The van der Waals surface area contributed by atoms with Crippen molar-refractivity contribution in [3.05, 3.63) is 59.7 Å². The van der Waals surface area contributed by atoms with Gasteiger partial charge in [-0.2, -0.15) is 10.4 Å². The van der Waals surface area contributed by atoms with Gasteiger partial charge in [-0.25, -0.2) is 5.43 Å². The Balaban J connectivity index is 1.82. The molecule has 0 unspecified atom stereocenters. The van der Waals surface area contributed by atoms with Crippen LogP contribution in [0.5, 0.6) is 11.5 Å². The van der Waals surface area contributed by atoms with Crippen molar-refractivity contribution >= 4 is 17.5 Å². The highest BCUT2D eigenvalue weighted by Gasteiger charge is 2.06. The zero-order valence-electron chi connectivity index (χ0n) is 16.5. The SMILES string of the molecule is C/C(=N/NC(=O)COc1ccc(C#N)cc1)c1ccc(OCC(=O)N(C)C)cc1. The van der Waals surface area contributed by atoms with E-state index in [0.29, 0.717) is 22.8 Å². The zero-order chi connectivity index (χ0) is 21.2. The van der Waals surface area contributed by atoms with Gasteiger partial charge in [0.05, 0.1) is 17.3 Å². The maximum atomic E-state index is 11.9. The highest BCUT2D eigenvalue weighted by molar-refractivity contribution is 5.99. The van der Waals surface area contributed by atoms with Crippen LogP contribution in [-0.2, 0) is 9.59 Å². The molecule has 0 fully saturated rings. The fourth-order valence-electron chi connectivity index (χ4n) is 2.08. The molecule has 0 aliphatic rings. The van der Waals surface area contributed by atoms with Gasteiger partial charge in [-0.1, -0.05) is 0 Å². The summed E-state index contributed by atoms with van der Waals surface area (Å²) in [4.78, 5) is 24.9. The molecule has 8 nitrogen and oxygen atoms in total. The zero-order valence-corrected chi connectivity index (χ0v) is 16.5. The number of rotatable bonds is 8. The van der Waals surface area contributed by atoms with Crippen LogP contribution in [0, 0.1) is 11.3 Å². The minimum absolute atomic E-state index is 0.0330. The van der Waals surface area contributed by atoms with Gasteiger partial charge in [0.1, 0.15) is 11.5 Å². The summed E-state index contributed by atoms with van der Waals surface area (Å²) in [5.74, 6) is 0.522. The van der Waals surface area contributed by atoms with Crippen molar-refractivity contribution in [3.8, 4) is 17.6 Å². The predicted molar refractivity (Wildman–Crippen MR) is 108 cm³/mol. The summed E-state index contributed by atoms with van der Waals surface area (Å²) in [7, 11) is 3.33. The van der Waals surface area contributed by atoms with Gasteiger partial charge in [0.15, 0.2) is 13.2 Å². The molecular formula is C21H22N4O4. The minimum atomic E-state index is -0.407. The van der Waals surface area contributed by atoms with Crippen LogP contribution >= 0.6 is 0 Å². The Morgan fingerprint density at radius 3 is 2.10 bits per heavy atom. The van der Waals surface area contributed by atoms with Crippen LogP contribution < -0.4 is 14.9 Å². The summed E-state index contributed by atoms with van der Waals surface area (Å²) in [5, 5.41) is 12.8. The first-order valence-electron chi connectivity index (χ1n) is 8.78. The van der Waals surface area contributed by atoms with E-state index in [1.165, 1.54) is 4.90 Å². The van der Waals surface area contributed by atoms with E-state index in [2.05, 4.69) is 10.5 Å². The smallest absolute Gasteiger partial charge is 0.277 e. The molecule has 0 aliphatic carbocycles. The fourth-order valence-corrected chi connectivity index (χ4v) is 2.08. The van der Waals surface area contributed by atoms with Crippen molar-refractivity contribution in [2.45, 2.75) is 6.92 Å². The summed E-state index contributed by atoms with van der Waals surface area (Å²) in [5.41, 5.74) is 4.35. The third kappa shape index (κ3) is 6.99. The molecule has 0 bridgehead atoms. The highest BCUT2D eigenvalue weighted by Crippen LogP contribution is 2.13. The van der Waals surface area contributed by atoms with Gasteiger partial charge in [0.2, 0.25) is 0 Å². The maximum absolute atomic E-state index is 11.9. The second-order valence-electron chi connectivity index (χ2n) is 6.26. The quantitative estimate of drug-likeness (QED) is 0.544. The highest BCUT2D eigenvalue weighted by atomic mass is 16.5. The van der Waals surface area contributed by atoms with Crippen LogP contribution in [0.15, 0.2) is 53.6 Å². The van der Waals surface area contributed by atoms with Gasteiger partial charge in [0, 0.05) is 14.1 Å². The summed E-state index contributed by atoms with van der Waals surface area (Å²) in [6.45, 7) is 1.53. The van der Waals surface area contributed by atoms with Crippen molar-refractivity contribution < 1.29 is 19.1 Å². The monoisotopic (exact) mass is 394 g/mol. The number of likely N-dealkylation sites (N-methyl/N-ethyl adjacent to an activating group) is 1. The third-order valence-electron chi connectivity index (χ3n) is 3.83. The second-order valence-corrected chi connectivity index (χ2v) is 6.26. The van der Waals surface area contributed by atoms with Gasteiger partial charge >= 0.3 is 0 Å². The number of nitrogens with zero attached hydrogens (tertiary/aromatic N) is 3. The van der Waals surface area contributed by atoms with Crippen LogP contribution in [0.1, 0.15) is 18.1 Å². The molecule has 0 aliphatic heterocycles. The first-order valence-corrected chi connectivity index (χ1v) is 8.78. The molecule has 0 atom stereocenters. The van der Waals surface area contributed by atoms with Gasteiger partial charge in [-0.05, 0) is 61.0 Å². The Hall–Kier alpha value is -3.86. The van der Waals surface area contributed by atoms with E-state index in [4.69, 9.17) is 14.7 Å². The third-order valence-corrected chi connectivity index (χ3v) is 3.83. The van der Waals surface area contributed by atoms with Crippen molar-refractivity contribution in [2.75, 3.05) is 27.3 Å². The summed E-state index contributed by atoms with van der Waals surface area (Å²) in [6, 6.07) is 15.5. The summed E-state index contributed by atoms with van der Waals surface area (Å²) in [6.07, 6.45) is 0. The molecule has 0 spiro atoms. The number of hydrogen-bond donors (Lipinski definition) is 1. The molecule has 1 N–H and O–H groups in total. The summed E-state index contributed by atoms with van der Waals surface area (Å²) < 4.78 is 10.8. The molecule has 0 heterocycles. The Labute approximate surface area is 169 Å². The predicted octanol–water partition coefficient (Wildman–Crippen LogP) is 1.94. The maximum Gasteiger partial charge on any atom is 0.277 e. The van der Waals surface area contributed by atoms with Crippen molar-refractivity contribution in [2.24, 2.45) is 5.10 Å². The standard InChI is InChI=1S/C21H22N4O4/c1-15(17-6-10-19(11-7-17)29-14-21(27)25(2)3)23-24-20(26)13-28-18-8-4-16(12-22)5-9-18/h4-11H,13-14H2,1-3H3,(H,24,26)/b23-15-. The molecule has 0 aromatic heterocycles. The number of carbonyl (C=O) groups is 2.